The van der Waals surface area contributed by atoms with Gasteiger partial charge in [-0.15, -0.1) is 0 Å². The molecule has 17 heavy (non-hydrogen) atoms. The number of hydrogen-bond donors (Lipinski definition) is 1. The van der Waals surface area contributed by atoms with Crippen LogP contribution < -0.4 is 5.32 Å². The fourth-order valence-electron chi connectivity index (χ4n) is 2.24. The molecule has 0 bridgehead atoms. The van der Waals surface area contributed by atoms with Gasteiger partial charge in [0.15, 0.2) is 0 Å². The van der Waals surface area contributed by atoms with Gasteiger partial charge >= 0.3 is 0 Å². The van der Waals surface area contributed by atoms with Crippen molar-refractivity contribution in [2.45, 2.75) is 53.1 Å². The summed E-state index contributed by atoms with van der Waals surface area (Å²) in [5.41, 5.74) is 0. The molecule has 0 saturated carbocycles. The Morgan fingerprint density at radius 2 is 1.53 bits per heavy atom. The normalized spacial score (nSPS) is 15.5. The molecule has 0 aromatic carbocycles. The van der Waals surface area contributed by atoms with Crippen molar-refractivity contribution in [3.8, 4) is 0 Å². The summed E-state index contributed by atoms with van der Waals surface area (Å²) < 4.78 is 0. The Morgan fingerprint density at radius 3 is 1.94 bits per heavy atom. The van der Waals surface area contributed by atoms with E-state index in [2.05, 4.69) is 49.7 Å². The first kappa shape index (κ1) is 16.9. The van der Waals surface area contributed by atoms with Crippen LogP contribution in [-0.4, -0.2) is 61.7 Å². The molecule has 0 spiro atoms. The first-order chi connectivity index (χ1) is 8.10. The first-order valence-corrected chi connectivity index (χ1v) is 7.24. The van der Waals surface area contributed by atoms with Crippen molar-refractivity contribution >= 4 is 0 Å². The summed E-state index contributed by atoms with van der Waals surface area (Å²) in [6, 6.07) is 1.17. The van der Waals surface area contributed by atoms with Crippen LogP contribution in [0.3, 0.4) is 0 Å². The molecule has 0 amide bonds. The Morgan fingerprint density at radius 1 is 0.941 bits per heavy atom. The second-order valence-electron chi connectivity index (χ2n) is 4.83. The van der Waals surface area contributed by atoms with Crippen LogP contribution in [0.2, 0.25) is 0 Å². The molecular formula is C14H33N3. The molecule has 2 unspecified atom stereocenters. The maximum atomic E-state index is 3.35. The van der Waals surface area contributed by atoms with Gasteiger partial charge in [0.2, 0.25) is 0 Å². The lowest BCUT2D eigenvalue weighted by Gasteiger charge is -2.32. The van der Waals surface area contributed by atoms with Gasteiger partial charge in [-0.1, -0.05) is 20.8 Å². The van der Waals surface area contributed by atoms with Gasteiger partial charge < -0.3 is 10.2 Å². The second kappa shape index (κ2) is 9.86. The lowest BCUT2D eigenvalue weighted by atomic mass is 10.1. The molecule has 2 atom stereocenters. The summed E-state index contributed by atoms with van der Waals surface area (Å²) in [5.74, 6) is 0. The van der Waals surface area contributed by atoms with Gasteiger partial charge in [0.1, 0.15) is 0 Å². The van der Waals surface area contributed by atoms with Crippen LogP contribution in [0.15, 0.2) is 0 Å². The predicted octanol–water partition coefficient (Wildman–Crippen LogP) is 2.04. The van der Waals surface area contributed by atoms with Crippen LogP contribution in [0.1, 0.15) is 41.0 Å². The zero-order valence-electron chi connectivity index (χ0n) is 12.8. The Kier molecular flexibility index (Phi) is 9.79. The van der Waals surface area contributed by atoms with Crippen LogP contribution >= 0.6 is 0 Å². The fraction of sp³-hybridized carbons (Fsp3) is 1.00. The predicted molar refractivity (Wildman–Crippen MR) is 77.6 cm³/mol. The van der Waals surface area contributed by atoms with Crippen molar-refractivity contribution in [2.75, 3.05) is 39.8 Å². The zero-order valence-corrected chi connectivity index (χ0v) is 12.8. The largest absolute Gasteiger partial charge is 0.316 e. The van der Waals surface area contributed by atoms with E-state index in [1.807, 2.05) is 7.05 Å². The highest BCUT2D eigenvalue weighted by atomic mass is 15.2. The Labute approximate surface area is 109 Å². The summed E-state index contributed by atoms with van der Waals surface area (Å²) >= 11 is 0. The third-order valence-corrected chi connectivity index (χ3v) is 3.98. The van der Waals surface area contributed by atoms with Gasteiger partial charge in [-0.2, -0.15) is 0 Å². The number of hydrogen-bond acceptors (Lipinski definition) is 3. The lowest BCUT2D eigenvalue weighted by Crippen LogP contribution is -2.46. The number of nitrogens with zero attached hydrogens (tertiary/aromatic N) is 2. The Balaban J connectivity index is 3.97. The first-order valence-electron chi connectivity index (χ1n) is 7.24. The average Bonchev–Trinajstić information content (AvgIpc) is 2.37. The molecule has 0 saturated heterocycles. The van der Waals surface area contributed by atoms with Crippen LogP contribution in [-0.2, 0) is 0 Å². The third kappa shape index (κ3) is 6.39. The van der Waals surface area contributed by atoms with Crippen LogP contribution in [0.4, 0.5) is 0 Å². The number of rotatable bonds is 10. The minimum absolute atomic E-state index is 0.559. The zero-order chi connectivity index (χ0) is 13.3. The molecule has 0 radical (unpaired) electrons. The highest BCUT2D eigenvalue weighted by molar-refractivity contribution is 4.76. The van der Waals surface area contributed by atoms with Crippen molar-refractivity contribution in [2.24, 2.45) is 0 Å². The SMILES string of the molecule is CCN(CC)CCCN(CC)C(C)C(C)NC. The van der Waals surface area contributed by atoms with Gasteiger partial charge in [-0.25, -0.2) is 0 Å². The summed E-state index contributed by atoms with van der Waals surface area (Å²) in [5, 5.41) is 3.35. The summed E-state index contributed by atoms with van der Waals surface area (Å²) in [6.07, 6.45) is 1.27. The van der Waals surface area contributed by atoms with E-state index >= 15 is 0 Å². The minimum atomic E-state index is 0.559. The van der Waals surface area contributed by atoms with Crippen molar-refractivity contribution in [1.29, 1.82) is 0 Å². The van der Waals surface area contributed by atoms with Crippen LogP contribution in [0, 0.1) is 0 Å². The highest BCUT2D eigenvalue weighted by Crippen LogP contribution is 2.05. The van der Waals surface area contributed by atoms with Crippen molar-refractivity contribution in [1.82, 2.24) is 15.1 Å². The quantitative estimate of drug-likeness (QED) is 0.633. The molecule has 0 heterocycles. The second-order valence-corrected chi connectivity index (χ2v) is 4.83. The maximum absolute atomic E-state index is 3.35. The van der Waals surface area contributed by atoms with Gasteiger partial charge in [0, 0.05) is 12.1 Å². The minimum Gasteiger partial charge on any atom is -0.316 e. The van der Waals surface area contributed by atoms with E-state index < -0.39 is 0 Å². The average molecular weight is 243 g/mol. The molecule has 0 aliphatic rings. The molecule has 104 valence electrons. The van der Waals surface area contributed by atoms with E-state index in [1.165, 1.54) is 32.6 Å². The Bertz CT molecular complexity index is 169. The molecule has 0 fully saturated rings. The van der Waals surface area contributed by atoms with Crippen molar-refractivity contribution < 1.29 is 0 Å². The molecule has 0 rings (SSSR count). The maximum Gasteiger partial charge on any atom is 0.0218 e. The van der Waals surface area contributed by atoms with Gasteiger partial charge in [-0.3, -0.25) is 4.90 Å². The standard InChI is InChI=1S/C14H33N3/c1-7-16(8-2)11-10-12-17(9-3)14(5)13(4)15-6/h13-15H,7-12H2,1-6H3. The van der Waals surface area contributed by atoms with Crippen LogP contribution in [0.5, 0.6) is 0 Å². The number of likely N-dealkylation sites (N-methyl/N-ethyl adjacent to an activating group) is 2. The third-order valence-electron chi connectivity index (χ3n) is 3.98. The van der Waals surface area contributed by atoms with Crippen molar-refractivity contribution in [3.63, 3.8) is 0 Å². The van der Waals surface area contributed by atoms with Gasteiger partial charge in [0.05, 0.1) is 0 Å². The van der Waals surface area contributed by atoms with E-state index in [0.29, 0.717) is 12.1 Å². The van der Waals surface area contributed by atoms with Gasteiger partial charge in [0.25, 0.3) is 0 Å². The monoisotopic (exact) mass is 243 g/mol. The molecule has 0 aromatic heterocycles. The highest BCUT2D eigenvalue weighted by Gasteiger charge is 2.17. The lowest BCUT2D eigenvalue weighted by molar-refractivity contribution is 0.173. The Hall–Kier alpha value is -0.120. The molecule has 3 heteroatoms. The number of nitrogens with one attached hydrogen (secondary N) is 1. The summed E-state index contributed by atoms with van der Waals surface area (Å²) in [4.78, 5) is 5.07. The molecule has 0 aliphatic carbocycles. The van der Waals surface area contributed by atoms with E-state index in [4.69, 9.17) is 0 Å². The topological polar surface area (TPSA) is 18.5 Å². The van der Waals surface area contributed by atoms with Crippen molar-refractivity contribution in [3.05, 3.63) is 0 Å². The smallest absolute Gasteiger partial charge is 0.0218 e. The van der Waals surface area contributed by atoms with E-state index in [9.17, 15) is 0 Å². The van der Waals surface area contributed by atoms with E-state index in [1.54, 1.807) is 0 Å². The summed E-state index contributed by atoms with van der Waals surface area (Å²) in [7, 11) is 2.05. The molecule has 0 aliphatic heterocycles. The van der Waals surface area contributed by atoms with E-state index in [0.717, 1.165) is 6.54 Å². The molecule has 3 nitrogen and oxygen atoms in total. The summed E-state index contributed by atoms with van der Waals surface area (Å²) in [6.45, 7) is 17.3. The van der Waals surface area contributed by atoms with Crippen LogP contribution in [0.25, 0.3) is 0 Å². The molecule has 1 N–H and O–H groups in total. The molecule has 0 aromatic rings. The molecular weight excluding hydrogens is 210 g/mol. The van der Waals surface area contributed by atoms with E-state index in [-0.39, 0.29) is 0 Å². The fourth-order valence-corrected chi connectivity index (χ4v) is 2.24. The van der Waals surface area contributed by atoms with Gasteiger partial charge in [-0.05, 0) is 60.0 Å².